The van der Waals surface area contributed by atoms with Gasteiger partial charge in [-0.05, 0) is 55.9 Å². The Morgan fingerprint density at radius 3 is 2.62 bits per heavy atom. The van der Waals surface area contributed by atoms with Crippen LogP contribution in [0, 0.1) is 11.7 Å². The van der Waals surface area contributed by atoms with E-state index in [1.807, 2.05) is 0 Å². The monoisotopic (exact) mass is 291 g/mol. The number of nitrogens with one attached hydrogen (secondary N) is 1. The van der Waals surface area contributed by atoms with E-state index in [9.17, 15) is 14.3 Å². The van der Waals surface area contributed by atoms with E-state index in [1.165, 1.54) is 12.5 Å². The molecule has 1 amide bonds. The van der Waals surface area contributed by atoms with E-state index in [0.717, 1.165) is 25.7 Å². The highest BCUT2D eigenvalue weighted by molar-refractivity contribution is 6.05. The summed E-state index contributed by atoms with van der Waals surface area (Å²) in [5.74, 6) is -0.443. The van der Waals surface area contributed by atoms with Crippen LogP contribution in [-0.4, -0.2) is 11.0 Å². The van der Waals surface area contributed by atoms with Gasteiger partial charge >= 0.3 is 0 Å². The number of anilines is 1. The van der Waals surface area contributed by atoms with E-state index in [2.05, 4.69) is 5.32 Å². The molecule has 1 saturated carbocycles. The molecule has 0 bridgehead atoms. The number of benzene rings is 1. The lowest BCUT2D eigenvalue weighted by Gasteiger charge is -2.27. The molecule has 1 atom stereocenters. The summed E-state index contributed by atoms with van der Waals surface area (Å²) in [6.45, 7) is 3.56. The van der Waals surface area contributed by atoms with Crippen LogP contribution in [0.1, 0.15) is 63.2 Å². The number of rotatable bonds is 2. The number of fused-ring (bicyclic) bond motifs is 1. The molecular weight excluding hydrogens is 269 g/mol. The first-order valence-corrected chi connectivity index (χ1v) is 7.74. The van der Waals surface area contributed by atoms with E-state index in [-0.39, 0.29) is 17.5 Å². The first-order valence-electron chi connectivity index (χ1n) is 7.74. The molecule has 1 aromatic carbocycles. The Balaban J connectivity index is 1.97. The highest BCUT2D eigenvalue weighted by Crippen LogP contribution is 2.42. The summed E-state index contributed by atoms with van der Waals surface area (Å²) >= 11 is 0. The Morgan fingerprint density at radius 1 is 1.29 bits per heavy atom. The van der Waals surface area contributed by atoms with Gasteiger partial charge in [-0.2, -0.15) is 0 Å². The molecular formula is C17H22FNO2. The van der Waals surface area contributed by atoms with E-state index >= 15 is 0 Å². The van der Waals surface area contributed by atoms with Gasteiger partial charge in [0.1, 0.15) is 5.82 Å². The summed E-state index contributed by atoms with van der Waals surface area (Å²) in [7, 11) is 0. The van der Waals surface area contributed by atoms with Gasteiger partial charge in [0.2, 0.25) is 5.91 Å². The predicted molar refractivity (Wildman–Crippen MR) is 79.6 cm³/mol. The number of aliphatic hydroxyl groups excluding tert-OH is 1. The number of amides is 1. The molecule has 0 spiro atoms. The molecule has 114 valence electrons. The molecule has 1 aliphatic heterocycles. The minimum absolute atomic E-state index is 0.194. The van der Waals surface area contributed by atoms with Gasteiger partial charge in [-0.25, -0.2) is 4.39 Å². The summed E-state index contributed by atoms with van der Waals surface area (Å²) in [6.07, 6.45) is 4.80. The minimum atomic E-state index is -0.752. The maximum absolute atomic E-state index is 14.3. The Bertz CT molecular complexity index is 576. The SMILES string of the molecule is CC1(C)C(=O)Nc2c(F)cc(C(O)C3CCCCC3)cc21. The molecule has 21 heavy (non-hydrogen) atoms. The summed E-state index contributed by atoms with van der Waals surface area (Å²) in [6, 6.07) is 3.18. The van der Waals surface area contributed by atoms with E-state index < -0.39 is 17.3 Å². The van der Waals surface area contributed by atoms with Gasteiger partial charge in [0.25, 0.3) is 0 Å². The molecule has 0 radical (unpaired) electrons. The number of halogens is 1. The zero-order valence-electron chi connectivity index (χ0n) is 12.6. The molecule has 1 unspecified atom stereocenters. The summed E-state index contributed by atoms with van der Waals surface area (Å²) in [5, 5.41) is 13.2. The van der Waals surface area contributed by atoms with Crippen LogP contribution in [0.25, 0.3) is 0 Å². The number of aliphatic hydroxyl groups is 1. The average Bonchev–Trinajstić information content (AvgIpc) is 2.71. The second-order valence-electron chi connectivity index (χ2n) is 6.85. The van der Waals surface area contributed by atoms with Crippen LogP contribution >= 0.6 is 0 Å². The molecule has 3 nitrogen and oxygen atoms in total. The first kappa shape index (κ1) is 14.5. The van der Waals surface area contributed by atoms with Gasteiger partial charge in [-0.3, -0.25) is 4.79 Å². The Hall–Kier alpha value is -1.42. The van der Waals surface area contributed by atoms with Crippen molar-refractivity contribution >= 4 is 11.6 Å². The molecule has 1 aromatic rings. The van der Waals surface area contributed by atoms with Gasteiger partial charge < -0.3 is 10.4 Å². The minimum Gasteiger partial charge on any atom is -0.388 e. The third kappa shape index (κ3) is 2.35. The van der Waals surface area contributed by atoms with Crippen molar-refractivity contribution in [1.82, 2.24) is 0 Å². The van der Waals surface area contributed by atoms with Gasteiger partial charge in [-0.15, -0.1) is 0 Å². The molecule has 2 N–H and O–H groups in total. The van der Waals surface area contributed by atoms with Crippen LogP contribution in [-0.2, 0) is 10.2 Å². The highest BCUT2D eigenvalue weighted by Gasteiger charge is 2.40. The van der Waals surface area contributed by atoms with Crippen molar-refractivity contribution in [2.75, 3.05) is 5.32 Å². The molecule has 0 aromatic heterocycles. The normalized spacial score (nSPS) is 22.8. The van der Waals surface area contributed by atoms with Crippen LogP contribution < -0.4 is 5.32 Å². The number of carbonyl (C=O) groups excluding carboxylic acids is 1. The van der Waals surface area contributed by atoms with Crippen molar-refractivity contribution in [3.05, 3.63) is 29.1 Å². The number of hydrogen-bond donors (Lipinski definition) is 2. The third-order valence-electron chi connectivity index (χ3n) is 5.03. The molecule has 1 heterocycles. The molecule has 2 aliphatic rings. The topological polar surface area (TPSA) is 49.3 Å². The molecule has 1 fully saturated rings. The second kappa shape index (κ2) is 5.09. The summed E-state index contributed by atoms with van der Waals surface area (Å²) in [5.41, 5.74) is 0.767. The van der Waals surface area contributed by atoms with Crippen LogP contribution in [0.2, 0.25) is 0 Å². The highest BCUT2D eigenvalue weighted by atomic mass is 19.1. The quantitative estimate of drug-likeness (QED) is 0.873. The van der Waals surface area contributed by atoms with Crippen molar-refractivity contribution in [2.24, 2.45) is 5.92 Å². The summed E-state index contributed by atoms with van der Waals surface area (Å²) in [4.78, 5) is 11.9. The van der Waals surface area contributed by atoms with Crippen LogP contribution in [0.5, 0.6) is 0 Å². The van der Waals surface area contributed by atoms with Crippen molar-refractivity contribution < 1.29 is 14.3 Å². The first-order chi connectivity index (χ1) is 9.91. The lowest BCUT2D eigenvalue weighted by Crippen LogP contribution is -2.27. The fraction of sp³-hybridized carbons (Fsp3) is 0.588. The zero-order chi connectivity index (χ0) is 15.2. The maximum Gasteiger partial charge on any atom is 0.234 e. The smallest absolute Gasteiger partial charge is 0.234 e. The third-order valence-corrected chi connectivity index (χ3v) is 5.03. The molecule has 1 aliphatic carbocycles. The standard InChI is InChI=1S/C17H22FNO2/c1-17(2)12-8-11(9-13(18)14(12)19-16(17)21)15(20)10-6-4-3-5-7-10/h8-10,15,20H,3-7H2,1-2H3,(H,19,21). The van der Waals surface area contributed by atoms with Crippen LogP contribution in [0.15, 0.2) is 12.1 Å². The van der Waals surface area contributed by atoms with Crippen molar-refractivity contribution in [3.8, 4) is 0 Å². The Morgan fingerprint density at radius 2 is 1.95 bits per heavy atom. The Labute approximate surface area is 124 Å². The van der Waals surface area contributed by atoms with Gasteiger partial charge in [0.15, 0.2) is 0 Å². The maximum atomic E-state index is 14.3. The predicted octanol–water partition coefficient (Wildman–Crippen LogP) is 3.67. The number of carbonyl (C=O) groups is 1. The largest absolute Gasteiger partial charge is 0.388 e. The van der Waals surface area contributed by atoms with Gasteiger partial charge in [-0.1, -0.05) is 19.3 Å². The molecule has 4 heteroatoms. The van der Waals surface area contributed by atoms with E-state index in [1.54, 1.807) is 19.9 Å². The van der Waals surface area contributed by atoms with Gasteiger partial charge in [0.05, 0.1) is 17.2 Å². The fourth-order valence-corrected chi connectivity index (χ4v) is 3.53. The van der Waals surface area contributed by atoms with Gasteiger partial charge in [0, 0.05) is 0 Å². The fourth-order valence-electron chi connectivity index (χ4n) is 3.53. The summed E-state index contributed by atoms with van der Waals surface area (Å²) < 4.78 is 14.3. The van der Waals surface area contributed by atoms with E-state index in [0.29, 0.717) is 11.1 Å². The van der Waals surface area contributed by atoms with E-state index in [4.69, 9.17) is 0 Å². The zero-order valence-corrected chi connectivity index (χ0v) is 12.6. The van der Waals surface area contributed by atoms with Crippen LogP contribution in [0.4, 0.5) is 10.1 Å². The lowest BCUT2D eigenvalue weighted by atomic mass is 9.80. The lowest BCUT2D eigenvalue weighted by molar-refractivity contribution is -0.119. The van der Waals surface area contributed by atoms with Crippen molar-refractivity contribution in [3.63, 3.8) is 0 Å². The second-order valence-corrected chi connectivity index (χ2v) is 6.85. The van der Waals surface area contributed by atoms with Crippen molar-refractivity contribution in [1.29, 1.82) is 0 Å². The Kier molecular flexibility index (Phi) is 3.52. The number of hydrogen-bond acceptors (Lipinski definition) is 2. The van der Waals surface area contributed by atoms with Crippen molar-refractivity contribution in [2.45, 2.75) is 57.5 Å². The molecule has 0 saturated heterocycles. The average molecular weight is 291 g/mol. The van der Waals surface area contributed by atoms with Crippen LogP contribution in [0.3, 0.4) is 0 Å². The molecule has 3 rings (SSSR count).